The first-order valence-electron chi connectivity index (χ1n) is 6.24. The lowest BCUT2D eigenvalue weighted by atomic mass is 10.1. The number of carbonyl (C=O) groups excluding carboxylic acids is 1. The van der Waals surface area contributed by atoms with Crippen molar-refractivity contribution in [3.05, 3.63) is 36.0 Å². The highest BCUT2D eigenvalue weighted by atomic mass is 16.1. The molecule has 0 radical (unpaired) electrons. The number of hydrogen-bond acceptors (Lipinski definition) is 2. The Morgan fingerprint density at radius 1 is 1.44 bits per heavy atom. The number of para-hydroxylation sites is 1. The van der Waals surface area contributed by atoms with Crippen LogP contribution in [0.4, 0.5) is 0 Å². The molecule has 0 aliphatic heterocycles. The number of fused-ring (bicyclic) bond motifs is 1. The number of H-pyrrole nitrogens is 1. The largest absolute Gasteiger partial charge is 0.361 e. The number of carbonyl (C=O) groups is 1. The van der Waals surface area contributed by atoms with Crippen molar-refractivity contribution < 1.29 is 4.79 Å². The summed E-state index contributed by atoms with van der Waals surface area (Å²) in [6.07, 6.45) is 3.15. The van der Waals surface area contributed by atoms with Gasteiger partial charge in [0.25, 0.3) is 0 Å². The summed E-state index contributed by atoms with van der Waals surface area (Å²) in [6.45, 7) is 2.47. The predicted octanol–water partition coefficient (Wildman–Crippen LogP) is 1.91. The lowest BCUT2D eigenvalue weighted by Crippen LogP contribution is -2.25. The highest BCUT2D eigenvalue weighted by Crippen LogP contribution is 2.17. The van der Waals surface area contributed by atoms with Crippen LogP contribution in [0.1, 0.15) is 25.3 Å². The Hall–Kier alpha value is -1.81. The molecule has 0 aliphatic carbocycles. The number of aromatic nitrogens is 1. The Morgan fingerprint density at radius 3 is 3.00 bits per heavy atom. The van der Waals surface area contributed by atoms with Crippen LogP contribution in [0.3, 0.4) is 0 Å². The Bertz CT molecular complexity index is 531. The number of aromatic amines is 1. The van der Waals surface area contributed by atoms with E-state index in [0.717, 1.165) is 22.9 Å². The Kier molecular flexibility index (Phi) is 3.99. The van der Waals surface area contributed by atoms with Crippen LogP contribution < -0.4 is 11.1 Å². The lowest BCUT2D eigenvalue weighted by Gasteiger charge is -2.06. The van der Waals surface area contributed by atoms with Gasteiger partial charge in [0.2, 0.25) is 5.91 Å². The Morgan fingerprint density at radius 2 is 2.22 bits per heavy atom. The topological polar surface area (TPSA) is 70.9 Å². The van der Waals surface area contributed by atoms with Crippen molar-refractivity contribution in [1.29, 1.82) is 0 Å². The third-order valence-corrected chi connectivity index (χ3v) is 2.98. The smallest absolute Gasteiger partial charge is 0.220 e. The molecule has 0 bridgehead atoms. The summed E-state index contributed by atoms with van der Waals surface area (Å²) in [6, 6.07) is 8.14. The molecule has 1 aromatic carbocycles. The lowest BCUT2D eigenvalue weighted by molar-refractivity contribution is -0.121. The zero-order valence-corrected chi connectivity index (χ0v) is 10.6. The average Bonchev–Trinajstić information content (AvgIpc) is 2.77. The molecule has 1 unspecified atom stereocenters. The summed E-state index contributed by atoms with van der Waals surface area (Å²) in [7, 11) is 0. The minimum atomic E-state index is 0.0533. The molecule has 18 heavy (non-hydrogen) atoms. The minimum Gasteiger partial charge on any atom is -0.361 e. The Labute approximate surface area is 107 Å². The monoisotopic (exact) mass is 245 g/mol. The maximum Gasteiger partial charge on any atom is 0.220 e. The van der Waals surface area contributed by atoms with Gasteiger partial charge in [-0.2, -0.15) is 0 Å². The molecule has 1 aromatic heterocycles. The van der Waals surface area contributed by atoms with Crippen LogP contribution in [0.15, 0.2) is 30.5 Å². The fourth-order valence-electron chi connectivity index (χ4n) is 1.92. The van der Waals surface area contributed by atoms with Crippen molar-refractivity contribution in [2.24, 2.45) is 5.73 Å². The fourth-order valence-corrected chi connectivity index (χ4v) is 1.92. The van der Waals surface area contributed by atoms with Crippen molar-refractivity contribution in [2.45, 2.75) is 32.4 Å². The van der Waals surface area contributed by atoms with E-state index >= 15 is 0 Å². The zero-order chi connectivity index (χ0) is 13.0. The first-order chi connectivity index (χ1) is 8.66. The van der Waals surface area contributed by atoms with Crippen molar-refractivity contribution in [1.82, 2.24) is 10.3 Å². The van der Waals surface area contributed by atoms with Gasteiger partial charge in [-0.15, -0.1) is 0 Å². The molecule has 4 N–H and O–H groups in total. The first kappa shape index (κ1) is 12.6. The molecule has 4 nitrogen and oxygen atoms in total. The van der Waals surface area contributed by atoms with E-state index in [9.17, 15) is 4.79 Å². The molecule has 0 spiro atoms. The third-order valence-electron chi connectivity index (χ3n) is 2.98. The van der Waals surface area contributed by atoms with E-state index in [1.807, 2.05) is 31.3 Å². The van der Waals surface area contributed by atoms with Gasteiger partial charge in [0, 0.05) is 36.1 Å². The van der Waals surface area contributed by atoms with Gasteiger partial charge in [0.1, 0.15) is 0 Å². The summed E-state index contributed by atoms with van der Waals surface area (Å²) in [5.41, 5.74) is 7.83. The molecule has 0 aliphatic rings. The molecule has 2 aromatic rings. The van der Waals surface area contributed by atoms with Crippen molar-refractivity contribution in [3.8, 4) is 0 Å². The molecule has 0 saturated heterocycles. The maximum absolute atomic E-state index is 11.6. The van der Waals surface area contributed by atoms with Crippen LogP contribution in [-0.4, -0.2) is 16.9 Å². The summed E-state index contributed by atoms with van der Waals surface area (Å²) >= 11 is 0. The number of rotatable bonds is 5. The predicted molar refractivity (Wildman–Crippen MR) is 73.0 cm³/mol. The molecule has 1 heterocycles. The van der Waals surface area contributed by atoms with Crippen molar-refractivity contribution >= 4 is 16.8 Å². The highest BCUT2D eigenvalue weighted by molar-refractivity contribution is 5.83. The first-order valence-corrected chi connectivity index (χ1v) is 6.24. The van der Waals surface area contributed by atoms with E-state index in [2.05, 4.69) is 16.4 Å². The summed E-state index contributed by atoms with van der Waals surface area (Å²) in [5.74, 6) is 0.0533. The van der Waals surface area contributed by atoms with Crippen molar-refractivity contribution in [2.75, 3.05) is 0 Å². The molecule has 0 fully saturated rings. The van der Waals surface area contributed by atoms with Crippen LogP contribution in [0.2, 0.25) is 0 Å². The standard InChI is InChI=1S/C14H19N3O/c1-10(15)6-7-14(18)17-9-11-8-16-13-5-3-2-4-12(11)13/h2-5,8,10,16H,6-7,9,15H2,1H3,(H,17,18). The molecular weight excluding hydrogens is 226 g/mol. The van der Waals surface area contributed by atoms with Crippen LogP contribution in [0.25, 0.3) is 10.9 Å². The summed E-state index contributed by atoms with van der Waals surface area (Å²) in [5, 5.41) is 4.08. The van der Waals surface area contributed by atoms with Crippen LogP contribution in [-0.2, 0) is 11.3 Å². The number of benzene rings is 1. The number of amides is 1. The number of nitrogens with two attached hydrogens (primary N) is 1. The second-order valence-corrected chi connectivity index (χ2v) is 4.65. The van der Waals surface area contributed by atoms with E-state index in [1.165, 1.54) is 0 Å². The van der Waals surface area contributed by atoms with E-state index < -0.39 is 0 Å². The van der Waals surface area contributed by atoms with Crippen LogP contribution >= 0.6 is 0 Å². The third kappa shape index (κ3) is 3.11. The van der Waals surface area contributed by atoms with E-state index in [4.69, 9.17) is 5.73 Å². The SMILES string of the molecule is CC(N)CCC(=O)NCc1c[nH]c2ccccc12. The van der Waals surface area contributed by atoms with Gasteiger partial charge < -0.3 is 16.0 Å². The van der Waals surface area contributed by atoms with Crippen LogP contribution in [0.5, 0.6) is 0 Å². The molecule has 4 heteroatoms. The molecule has 96 valence electrons. The maximum atomic E-state index is 11.6. The number of nitrogens with one attached hydrogen (secondary N) is 2. The molecule has 1 atom stereocenters. The van der Waals surface area contributed by atoms with Gasteiger partial charge >= 0.3 is 0 Å². The van der Waals surface area contributed by atoms with Gasteiger partial charge in [0.05, 0.1) is 0 Å². The fraction of sp³-hybridized carbons (Fsp3) is 0.357. The van der Waals surface area contributed by atoms with Crippen molar-refractivity contribution in [3.63, 3.8) is 0 Å². The second kappa shape index (κ2) is 5.69. The van der Waals surface area contributed by atoms with E-state index in [-0.39, 0.29) is 11.9 Å². The van der Waals surface area contributed by atoms with Gasteiger partial charge in [-0.3, -0.25) is 4.79 Å². The van der Waals surface area contributed by atoms with Gasteiger partial charge in [-0.25, -0.2) is 0 Å². The molecular formula is C14H19N3O. The molecule has 0 saturated carbocycles. The second-order valence-electron chi connectivity index (χ2n) is 4.65. The normalized spacial score (nSPS) is 12.6. The minimum absolute atomic E-state index is 0.0533. The van der Waals surface area contributed by atoms with Gasteiger partial charge in [-0.05, 0) is 25.0 Å². The summed E-state index contributed by atoms with van der Waals surface area (Å²) in [4.78, 5) is 14.8. The molecule has 2 rings (SSSR count). The van der Waals surface area contributed by atoms with Gasteiger partial charge in [0.15, 0.2) is 0 Å². The summed E-state index contributed by atoms with van der Waals surface area (Å²) < 4.78 is 0. The van der Waals surface area contributed by atoms with Crippen LogP contribution in [0, 0.1) is 0 Å². The van der Waals surface area contributed by atoms with E-state index in [1.54, 1.807) is 0 Å². The zero-order valence-electron chi connectivity index (χ0n) is 10.6. The average molecular weight is 245 g/mol. The highest BCUT2D eigenvalue weighted by Gasteiger charge is 2.06. The molecule has 1 amide bonds. The Balaban J connectivity index is 1.92. The quantitative estimate of drug-likeness (QED) is 0.753. The van der Waals surface area contributed by atoms with Gasteiger partial charge in [-0.1, -0.05) is 18.2 Å². The van der Waals surface area contributed by atoms with E-state index in [0.29, 0.717) is 13.0 Å². The number of hydrogen-bond donors (Lipinski definition) is 3.